The lowest BCUT2D eigenvalue weighted by atomic mass is 10.3. The maximum Gasteiger partial charge on any atom is 0.350 e. The monoisotopic (exact) mass is 142 g/mol. The van der Waals surface area contributed by atoms with Crippen LogP contribution in [0, 0.1) is 0 Å². The first-order valence-corrected chi connectivity index (χ1v) is 3.02. The van der Waals surface area contributed by atoms with E-state index in [4.69, 9.17) is 11.5 Å². The molecule has 1 aliphatic rings. The van der Waals surface area contributed by atoms with Crippen LogP contribution >= 0.6 is 0 Å². The summed E-state index contributed by atoms with van der Waals surface area (Å²) in [6.45, 7) is 3.76. The molecule has 6 N–H and O–H groups in total. The predicted octanol–water partition coefficient (Wildman–Crippen LogP) is -2.96. The summed E-state index contributed by atoms with van der Waals surface area (Å²) in [5.41, 5.74) is 10.4. The molecular formula is C5H12N5+. The summed E-state index contributed by atoms with van der Waals surface area (Å²) in [6, 6.07) is 0. The number of nitrogens with one attached hydrogen (secondary N) is 2. The van der Waals surface area contributed by atoms with Crippen molar-refractivity contribution in [2.45, 2.75) is 19.5 Å². The molecule has 0 aromatic heterocycles. The minimum absolute atomic E-state index is 0.348. The average molecular weight is 142 g/mol. The largest absolute Gasteiger partial charge is 0.357 e. The molecule has 0 atom stereocenters. The fraction of sp³-hybridized carbons (Fsp3) is 0.600. The Bertz CT molecular complexity index is 182. The molecule has 1 heterocycles. The molecule has 1 aliphatic heterocycles. The summed E-state index contributed by atoms with van der Waals surface area (Å²) >= 11 is 0. The van der Waals surface area contributed by atoms with Gasteiger partial charge >= 0.3 is 5.96 Å². The lowest BCUT2D eigenvalue weighted by Crippen LogP contribution is -2.91. The number of nitrogens with two attached hydrogens (primary N) is 2. The number of nitrogens with zero attached hydrogens (tertiary/aromatic N) is 1. The summed E-state index contributed by atoms with van der Waals surface area (Å²) in [5, 5.41) is 2.65. The molecule has 0 radical (unpaired) electrons. The fourth-order valence-corrected chi connectivity index (χ4v) is 0.856. The van der Waals surface area contributed by atoms with Crippen molar-refractivity contribution < 1.29 is 4.99 Å². The number of hydrogen-bond acceptors (Lipinski definition) is 4. The third-order valence-electron chi connectivity index (χ3n) is 1.10. The molecule has 5 nitrogen and oxygen atoms in total. The van der Waals surface area contributed by atoms with E-state index in [0.29, 0.717) is 11.9 Å². The van der Waals surface area contributed by atoms with Crippen LogP contribution in [0.5, 0.6) is 0 Å². The van der Waals surface area contributed by atoms with Gasteiger partial charge in [-0.3, -0.25) is 10.7 Å². The molecule has 56 valence electrons. The van der Waals surface area contributed by atoms with Gasteiger partial charge in [0.25, 0.3) is 5.96 Å². The molecule has 0 aromatic rings. The van der Waals surface area contributed by atoms with E-state index in [9.17, 15) is 0 Å². The molecule has 5 heteroatoms. The first-order valence-electron chi connectivity index (χ1n) is 3.02. The summed E-state index contributed by atoms with van der Waals surface area (Å²) in [4.78, 5) is 6.94. The summed E-state index contributed by atoms with van der Waals surface area (Å²) in [5.74, 6) is 0.791. The molecule has 0 saturated heterocycles. The predicted molar refractivity (Wildman–Crippen MR) is 39.0 cm³/mol. The molecule has 0 saturated carbocycles. The van der Waals surface area contributed by atoms with Gasteiger partial charge in [-0.15, -0.1) is 0 Å². The Labute approximate surface area is 59.2 Å². The second-order valence-electron chi connectivity index (χ2n) is 2.72. The molecule has 10 heavy (non-hydrogen) atoms. The number of guanidine groups is 2. The second-order valence-corrected chi connectivity index (χ2v) is 2.72. The van der Waals surface area contributed by atoms with Crippen LogP contribution in [0.2, 0.25) is 0 Å². The van der Waals surface area contributed by atoms with Gasteiger partial charge in [-0.1, -0.05) is 0 Å². The van der Waals surface area contributed by atoms with E-state index in [2.05, 4.69) is 15.3 Å². The Hall–Kier alpha value is -1.26. The van der Waals surface area contributed by atoms with Crippen LogP contribution in [0.1, 0.15) is 13.8 Å². The van der Waals surface area contributed by atoms with Gasteiger partial charge in [0.1, 0.15) is 0 Å². The molecule has 0 aliphatic carbocycles. The zero-order valence-electron chi connectivity index (χ0n) is 6.10. The van der Waals surface area contributed by atoms with E-state index in [1.54, 1.807) is 0 Å². The van der Waals surface area contributed by atoms with Gasteiger partial charge < -0.3 is 5.73 Å². The average Bonchev–Trinajstić information content (AvgIpc) is 1.54. The van der Waals surface area contributed by atoms with E-state index in [-0.39, 0.29) is 5.66 Å². The van der Waals surface area contributed by atoms with Gasteiger partial charge in [0.2, 0.25) is 0 Å². The first-order chi connectivity index (χ1) is 4.49. The van der Waals surface area contributed by atoms with E-state index in [1.807, 2.05) is 13.8 Å². The van der Waals surface area contributed by atoms with Crippen LogP contribution < -0.4 is 21.8 Å². The highest BCUT2D eigenvalue weighted by molar-refractivity contribution is 5.95. The lowest BCUT2D eigenvalue weighted by Gasteiger charge is -2.17. The van der Waals surface area contributed by atoms with Crippen LogP contribution in [0.4, 0.5) is 0 Å². The summed E-state index contributed by atoms with van der Waals surface area (Å²) in [7, 11) is 0. The Balaban J connectivity index is 2.88. The number of rotatable bonds is 0. The van der Waals surface area contributed by atoms with Crippen molar-refractivity contribution in [1.29, 1.82) is 0 Å². The smallest absolute Gasteiger partial charge is 0.350 e. The van der Waals surface area contributed by atoms with Crippen LogP contribution in [0.3, 0.4) is 0 Å². The van der Waals surface area contributed by atoms with Gasteiger partial charge in [-0.25, -0.2) is 5.32 Å². The standard InChI is InChI=1S/C5H11N5/c1-5(2)9-3(6)8-4(7)10-5/h1-2H3,(H5,6,7,8,9,10)/p+1. The molecule has 0 spiro atoms. The van der Waals surface area contributed by atoms with Crippen molar-refractivity contribution in [3.63, 3.8) is 0 Å². The van der Waals surface area contributed by atoms with Gasteiger partial charge in [0, 0.05) is 0 Å². The normalized spacial score (nSPS) is 22.6. The van der Waals surface area contributed by atoms with E-state index < -0.39 is 0 Å². The highest BCUT2D eigenvalue weighted by Crippen LogP contribution is 1.95. The van der Waals surface area contributed by atoms with Crippen LogP contribution in [0.15, 0.2) is 4.99 Å². The van der Waals surface area contributed by atoms with E-state index >= 15 is 0 Å². The number of hydrogen-bond donors (Lipinski definition) is 4. The minimum atomic E-state index is -0.389. The number of aliphatic imine (C=N–C) groups is 1. The van der Waals surface area contributed by atoms with Crippen molar-refractivity contribution in [2.75, 3.05) is 0 Å². The Morgan fingerprint density at radius 1 is 1.50 bits per heavy atom. The zero-order chi connectivity index (χ0) is 7.78. The summed E-state index contributed by atoms with van der Waals surface area (Å²) in [6.07, 6.45) is 0. The molecule has 0 bridgehead atoms. The quantitative estimate of drug-likeness (QED) is 0.291. The van der Waals surface area contributed by atoms with Crippen molar-refractivity contribution in [2.24, 2.45) is 16.5 Å². The highest BCUT2D eigenvalue weighted by Gasteiger charge is 2.23. The van der Waals surface area contributed by atoms with Gasteiger partial charge in [-0.05, 0) is 13.8 Å². The highest BCUT2D eigenvalue weighted by atomic mass is 15.3. The van der Waals surface area contributed by atoms with E-state index in [1.165, 1.54) is 0 Å². The third-order valence-corrected chi connectivity index (χ3v) is 1.10. The van der Waals surface area contributed by atoms with Crippen molar-refractivity contribution in [1.82, 2.24) is 5.32 Å². The minimum Gasteiger partial charge on any atom is -0.357 e. The van der Waals surface area contributed by atoms with Gasteiger partial charge in [0.05, 0.1) is 0 Å². The SMILES string of the molecule is CC1(C)N=C(N)NC(N)=[NH+]1. The molecular weight excluding hydrogens is 130 g/mol. The first kappa shape index (κ1) is 6.85. The van der Waals surface area contributed by atoms with Gasteiger partial charge in [-0.2, -0.15) is 4.99 Å². The van der Waals surface area contributed by atoms with Crippen molar-refractivity contribution in [3.8, 4) is 0 Å². The Morgan fingerprint density at radius 2 is 2.10 bits per heavy atom. The van der Waals surface area contributed by atoms with Crippen LogP contribution in [-0.4, -0.2) is 17.6 Å². The molecule has 0 amide bonds. The molecule has 0 aromatic carbocycles. The zero-order valence-corrected chi connectivity index (χ0v) is 6.10. The maximum absolute atomic E-state index is 5.43. The van der Waals surface area contributed by atoms with Crippen molar-refractivity contribution in [3.05, 3.63) is 0 Å². The third kappa shape index (κ3) is 1.37. The van der Waals surface area contributed by atoms with Crippen molar-refractivity contribution >= 4 is 11.9 Å². The lowest BCUT2D eigenvalue weighted by molar-refractivity contribution is -0.546. The van der Waals surface area contributed by atoms with E-state index in [0.717, 1.165) is 0 Å². The molecule has 0 fully saturated rings. The molecule has 0 unspecified atom stereocenters. The van der Waals surface area contributed by atoms with Crippen LogP contribution in [-0.2, 0) is 0 Å². The summed E-state index contributed by atoms with van der Waals surface area (Å²) < 4.78 is 0. The second kappa shape index (κ2) is 1.86. The molecule has 1 rings (SSSR count). The maximum atomic E-state index is 5.43. The topological polar surface area (TPSA) is 90.4 Å². The Morgan fingerprint density at radius 3 is 2.50 bits per heavy atom. The Kier molecular flexibility index (Phi) is 1.28. The van der Waals surface area contributed by atoms with Crippen LogP contribution in [0.25, 0.3) is 0 Å². The van der Waals surface area contributed by atoms with Gasteiger partial charge in [0.15, 0.2) is 5.66 Å². The fourth-order valence-electron chi connectivity index (χ4n) is 0.856.